The summed E-state index contributed by atoms with van der Waals surface area (Å²) in [6.07, 6.45) is 17.1. The van der Waals surface area contributed by atoms with Crippen molar-refractivity contribution in [1.29, 1.82) is 0 Å². The van der Waals surface area contributed by atoms with Crippen molar-refractivity contribution in [3.63, 3.8) is 0 Å². The lowest BCUT2D eigenvalue weighted by molar-refractivity contribution is 0.126. The molecule has 1 aliphatic heterocycles. The van der Waals surface area contributed by atoms with Crippen LogP contribution in [-0.4, -0.2) is 34.6 Å². The van der Waals surface area contributed by atoms with Crippen molar-refractivity contribution in [2.24, 2.45) is 5.41 Å². The van der Waals surface area contributed by atoms with Crippen LogP contribution in [0.4, 0.5) is 0 Å². The van der Waals surface area contributed by atoms with Crippen LogP contribution in [0.15, 0.2) is 43.4 Å². The molecule has 1 aliphatic rings. The Balaban J connectivity index is 1.87. The van der Waals surface area contributed by atoms with Crippen molar-refractivity contribution < 1.29 is 0 Å². The zero-order valence-corrected chi connectivity index (χ0v) is 15.0. The maximum absolute atomic E-state index is 4.31. The minimum atomic E-state index is 0.510. The molecule has 1 fully saturated rings. The molecule has 126 valence electrons. The third-order valence-corrected chi connectivity index (χ3v) is 5.02. The second-order valence-corrected chi connectivity index (χ2v) is 7.10. The standard InChI is InChI=1S/C20H31N3/c1-5-6-7-9-18(2)19-16-21-17-23(19)13-8-10-20(3)11-14-22(4)15-12-20/h5-7,9,16-17H,2,8,10-15H2,1,3-4H3/b6-5-,9-7-. The number of imidazole rings is 1. The lowest BCUT2D eigenvalue weighted by Crippen LogP contribution is -2.36. The molecule has 0 radical (unpaired) electrons. The van der Waals surface area contributed by atoms with E-state index in [-0.39, 0.29) is 0 Å². The van der Waals surface area contributed by atoms with Crippen LogP contribution in [-0.2, 0) is 6.54 Å². The summed E-state index contributed by atoms with van der Waals surface area (Å²) >= 11 is 0. The number of nitrogens with zero attached hydrogens (tertiary/aromatic N) is 3. The molecule has 23 heavy (non-hydrogen) atoms. The lowest BCUT2D eigenvalue weighted by atomic mass is 9.77. The minimum absolute atomic E-state index is 0.510. The van der Waals surface area contributed by atoms with E-state index in [1.165, 1.54) is 38.8 Å². The zero-order valence-electron chi connectivity index (χ0n) is 15.0. The smallest absolute Gasteiger partial charge is 0.0950 e. The van der Waals surface area contributed by atoms with Crippen LogP contribution in [0.5, 0.6) is 0 Å². The zero-order chi connectivity index (χ0) is 16.7. The first-order valence-electron chi connectivity index (χ1n) is 8.71. The number of likely N-dealkylation sites (tertiary alicyclic amines) is 1. The van der Waals surface area contributed by atoms with Gasteiger partial charge in [-0.1, -0.05) is 37.8 Å². The van der Waals surface area contributed by atoms with Crippen LogP contribution in [0.1, 0.15) is 45.2 Å². The monoisotopic (exact) mass is 313 g/mol. The summed E-state index contributed by atoms with van der Waals surface area (Å²) in [5, 5.41) is 0. The van der Waals surface area contributed by atoms with Crippen molar-refractivity contribution in [2.45, 2.75) is 46.1 Å². The van der Waals surface area contributed by atoms with Crippen LogP contribution in [0, 0.1) is 5.41 Å². The minimum Gasteiger partial charge on any atom is -0.331 e. The first kappa shape index (κ1) is 17.7. The van der Waals surface area contributed by atoms with Crippen LogP contribution < -0.4 is 0 Å². The summed E-state index contributed by atoms with van der Waals surface area (Å²) in [6.45, 7) is 12.1. The number of aromatic nitrogens is 2. The van der Waals surface area contributed by atoms with Gasteiger partial charge in [-0.25, -0.2) is 4.98 Å². The second kappa shape index (κ2) is 8.30. The molecular formula is C20H31N3. The quantitative estimate of drug-likeness (QED) is 0.689. The summed E-state index contributed by atoms with van der Waals surface area (Å²) < 4.78 is 2.24. The molecule has 0 amide bonds. The van der Waals surface area contributed by atoms with E-state index in [1.807, 2.05) is 43.8 Å². The van der Waals surface area contributed by atoms with Gasteiger partial charge in [0.15, 0.2) is 0 Å². The molecule has 0 atom stereocenters. The molecule has 1 saturated heterocycles. The Bertz CT molecular complexity index is 557. The Morgan fingerprint density at radius 1 is 1.35 bits per heavy atom. The summed E-state index contributed by atoms with van der Waals surface area (Å²) in [7, 11) is 2.23. The average Bonchev–Trinajstić information content (AvgIpc) is 2.99. The predicted octanol–water partition coefficient (Wildman–Crippen LogP) is 4.54. The maximum atomic E-state index is 4.31. The SMILES string of the molecule is C=C(/C=C\C=C/C)c1cncn1CCCC1(C)CCN(C)CC1. The largest absolute Gasteiger partial charge is 0.331 e. The van der Waals surface area contributed by atoms with Crippen LogP contribution in [0.3, 0.4) is 0 Å². The molecular weight excluding hydrogens is 282 g/mol. The fraction of sp³-hybridized carbons (Fsp3) is 0.550. The van der Waals surface area contributed by atoms with Crippen molar-refractivity contribution in [3.8, 4) is 0 Å². The Morgan fingerprint density at radius 2 is 2.09 bits per heavy atom. The summed E-state index contributed by atoms with van der Waals surface area (Å²) in [5.41, 5.74) is 2.65. The van der Waals surface area contributed by atoms with Gasteiger partial charge in [0, 0.05) is 6.54 Å². The molecule has 2 rings (SSSR count). The van der Waals surface area contributed by atoms with E-state index in [0.29, 0.717) is 5.41 Å². The predicted molar refractivity (Wildman–Crippen MR) is 99.3 cm³/mol. The highest BCUT2D eigenvalue weighted by molar-refractivity contribution is 5.69. The van der Waals surface area contributed by atoms with E-state index < -0.39 is 0 Å². The third-order valence-electron chi connectivity index (χ3n) is 5.02. The van der Waals surface area contributed by atoms with Gasteiger partial charge in [0.25, 0.3) is 0 Å². The van der Waals surface area contributed by atoms with Crippen molar-refractivity contribution >= 4 is 5.57 Å². The number of aryl methyl sites for hydroxylation is 1. The molecule has 0 N–H and O–H groups in total. The van der Waals surface area contributed by atoms with Crippen LogP contribution in [0.2, 0.25) is 0 Å². The molecule has 1 aromatic rings. The molecule has 0 aromatic carbocycles. The molecule has 0 unspecified atom stereocenters. The number of hydrogen-bond acceptors (Lipinski definition) is 2. The third kappa shape index (κ3) is 5.21. The fourth-order valence-corrected chi connectivity index (χ4v) is 3.22. The van der Waals surface area contributed by atoms with Gasteiger partial charge in [0.1, 0.15) is 0 Å². The lowest BCUT2D eigenvalue weighted by Gasteiger charge is -2.38. The highest BCUT2D eigenvalue weighted by Crippen LogP contribution is 2.35. The van der Waals surface area contributed by atoms with Gasteiger partial charge >= 0.3 is 0 Å². The maximum Gasteiger partial charge on any atom is 0.0950 e. The van der Waals surface area contributed by atoms with Crippen molar-refractivity contribution in [2.75, 3.05) is 20.1 Å². The molecule has 0 aliphatic carbocycles. The molecule has 3 heteroatoms. The van der Waals surface area contributed by atoms with Crippen LogP contribution in [0.25, 0.3) is 5.57 Å². The first-order valence-corrected chi connectivity index (χ1v) is 8.71. The highest BCUT2D eigenvalue weighted by Gasteiger charge is 2.28. The van der Waals surface area contributed by atoms with Crippen molar-refractivity contribution in [1.82, 2.24) is 14.5 Å². The van der Waals surface area contributed by atoms with Gasteiger partial charge in [0.05, 0.1) is 18.2 Å². The van der Waals surface area contributed by atoms with E-state index >= 15 is 0 Å². The second-order valence-electron chi connectivity index (χ2n) is 7.10. The van der Waals surface area contributed by atoms with E-state index in [1.54, 1.807) is 0 Å². The number of piperidine rings is 1. The highest BCUT2D eigenvalue weighted by atomic mass is 15.1. The molecule has 1 aromatic heterocycles. The van der Waals surface area contributed by atoms with Gasteiger partial charge in [-0.3, -0.25) is 0 Å². The fourth-order valence-electron chi connectivity index (χ4n) is 3.22. The Labute approximate surface area is 141 Å². The van der Waals surface area contributed by atoms with E-state index in [9.17, 15) is 0 Å². The summed E-state index contributed by atoms with van der Waals surface area (Å²) in [4.78, 5) is 6.75. The molecule has 0 spiro atoms. The molecule has 0 saturated carbocycles. The summed E-state index contributed by atoms with van der Waals surface area (Å²) in [6, 6.07) is 0. The van der Waals surface area contributed by atoms with E-state index in [4.69, 9.17) is 0 Å². The van der Waals surface area contributed by atoms with Gasteiger partial charge in [-0.15, -0.1) is 0 Å². The topological polar surface area (TPSA) is 21.1 Å². The number of hydrogen-bond donors (Lipinski definition) is 0. The number of allylic oxidation sites excluding steroid dienone is 5. The molecule has 2 heterocycles. The van der Waals surface area contributed by atoms with E-state index in [2.05, 4.69) is 35.0 Å². The molecule has 3 nitrogen and oxygen atoms in total. The van der Waals surface area contributed by atoms with Gasteiger partial charge in [-0.05, 0) is 63.7 Å². The van der Waals surface area contributed by atoms with Gasteiger partial charge in [-0.2, -0.15) is 0 Å². The average molecular weight is 313 g/mol. The van der Waals surface area contributed by atoms with E-state index in [0.717, 1.165) is 17.8 Å². The Hall–Kier alpha value is -1.61. The molecule has 0 bridgehead atoms. The Kier molecular flexibility index (Phi) is 6.40. The summed E-state index contributed by atoms with van der Waals surface area (Å²) in [5.74, 6) is 0. The Morgan fingerprint density at radius 3 is 2.78 bits per heavy atom. The van der Waals surface area contributed by atoms with Gasteiger partial charge in [0.2, 0.25) is 0 Å². The first-order chi connectivity index (χ1) is 11.0. The number of rotatable bonds is 7. The van der Waals surface area contributed by atoms with Crippen LogP contribution >= 0.6 is 0 Å². The normalized spacial score (nSPS) is 18.9. The van der Waals surface area contributed by atoms with Crippen molar-refractivity contribution in [3.05, 3.63) is 49.1 Å². The van der Waals surface area contributed by atoms with Gasteiger partial charge < -0.3 is 9.47 Å².